The molecule has 0 aliphatic carbocycles. The van der Waals surface area contributed by atoms with Crippen molar-refractivity contribution in [1.29, 1.82) is 0 Å². The normalized spacial score (nSPS) is 0. The molecule has 0 heterocycles. The van der Waals surface area contributed by atoms with Gasteiger partial charge in [0.1, 0.15) is 0 Å². The summed E-state index contributed by atoms with van der Waals surface area (Å²) in [5.74, 6) is 0. The molecule has 0 aromatic rings. The van der Waals surface area contributed by atoms with E-state index in [0.29, 0.717) is 0 Å². The van der Waals surface area contributed by atoms with Crippen LogP contribution in [0.3, 0.4) is 0 Å². The van der Waals surface area contributed by atoms with E-state index in [1.54, 1.807) is 0 Å². The third-order valence-electron chi connectivity index (χ3n) is 0. The van der Waals surface area contributed by atoms with Gasteiger partial charge in [0.05, 0.1) is 0 Å². The monoisotopic (exact) mass is 392 g/mol. The molecule has 0 N–H and O–H groups in total. The minimum atomic E-state index is 0. The first-order valence-corrected chi connectivity index (χ1v) is 0. The summed E-state index contributed by atoms with van der Waals surface area (Å²) >= 11 is 0. The van der Waals surface area contributed by atoms with E-state index in [0.717, 1.165) is 0 Å². The Balaban J connectivity index is 0. The first-order valence-electron chi connectivity index (χ1n) is 0. The van der Waals surface area contributed by atoms with Gasteiger partial charge in [-0.2, -0.15) is 0 Å². The van der Waals surface area contributed by atoms with Crippen molar-refractivity contribution in [2.75, 3.05) is 0 Å². The third-order valence-corrected chi connectivity index (χ3v) is 0. The standard InChI is InChI=1S/2Ga.2Sb.12H/q2*+3;2*-3;;;;;;;;;;;;. The van der Waals surface area contributed by atoms with Gasteiger partial charge in [-0.15, -0.1) is 0 Å². The summed E-state index contributed by atoms with van der Waals surface area (Å²) in [4.78, 5) is 0. The van der Waals surface area contributed by atoms with Crippen LogP contribution < -0.4 is 0 Å². The Bertz CT molecular complexity index is 4.00. The zero-order valence-corrected chi connectivity index (χ0v) is 6.00. The summed E-state index contributed by atoms with van der Waals surface area (Å²) in [5, 5.41) is 0. The maximum absolute atomic E-state index is 0. The van der Waals surface area contributed by atoms with Crippen molar-refractivity contribution in [3.63, 3.8) is 0 Å². The summed E-state index contributed by atoms with van der Waals surface area (Å²) in [6, 6.07) is 0. The third kappa shape index (κ3) is 8.86. The van der Waals surface area contributed by atoms with E-state index < -0.39 is 0 Å². The van der Waals surface area contributed by atoms with E-state index in [2.05, 4.69) is 0 Å². The van der Waals surface area contributed by atoms with Crippen molar-refractivity contribution in [2.24, 2.45) is 0 Å². The van der Waals surface area contributed by atoms with E-state index >= 15 is 0 Å². The van der Waals surface area contributed by atoms with Crippen LogP contribution in [-0.2, 0) is 0 Å². The molecule has 0 aromatic carbocycles. The molecule has 0 saturated heterocycles. The summed E-state index contributed by atoms with van der Waals surface area (Å²) in [6.07, 6.45) is 0. The molecule has 0 unspecified atom stereocenters. The molecule has 0 amide bonds. The zero-order valence-electron chi connectivity index (χ0n) is 1.15. The average Bonchev–Trinajstić information content (AvgIpc) is 0. The van der Waals surface area contributed by atoms with Crippen LogP contribution in [0.2, 0.25) is 0 Å². The Kier molecular flexibility index (Phi) is 120. The second kappa shape index (κ2) is 16.8. The van der Waals surface area contributed by atoms with Gasteiger partial charge >= 0.3 is 88.4 Å². The van der Waals surface area contributed by atoms with Gasteiger partial charge in [0.2, 0.25) is 0 Å². The molecular weight excluding hydrogens is 383 g/mol. The van der Waals surface area contributed by atoms with E-state index in [4.69, 9.17) is 0 Å². The molecule has 0 bridgehead atoms. The van der Waals surface area contributed by atoms with Crippen LogP contribution >= 0.6 is 0 Å². The summed E-state index contributed by atoms with van der Waals surface area (Å²) in [5.41, 5.74) is 0. The van der Waals surface area contributed by atoms with Crippen LogP contribution in [0, 0.1) is 0 Å². The summed E-state index contributed by atoms with van der Waals surface area (Å²) in [7, 11) is 0. The van der Waals surface area contributed by atoms with E-state index in [1.165, 1.54) is 0 Å². The van der Waals surface area contributed by atoms with Crippen LogP contribution in [0.15, 0.2) is 0 Å². The van der Waals surface area contributed by atoms with Crippen molar-refractivity contribution in [1.82, 2.24) is 0 Å². The number of hydrogen-bond donors (Lipinski definition) is 0. The van der Waals surface area contributed by atoms with Crippen LogP contribution in [-0.4, -0.2) is 88.4 Å². The van der Waals surface area contributed by atoms with Gasteiger partial charge in [0.15, 0.2) is 0 Å². The number of rotatable bonds is 0. The van der Waals surface area contributed by atoms with Gasteiger partial charge in [0.25, 0.3) is 0 Å². The molecule has 0 saturated carbocycles. The fourth-order valence-electron chi connectivity index (χ4n) is 0. The van der Waals surface area contributed by atoms with Crippen molar-refractivity contribution in [3.8, 4) is 0 Å². The van der Waals surface area contributed by atoms with Gasteiger partial charge in [-0.25, -0.2) is 0 Å². The van der Waals surface area contributed by atoms with Crippen molar-refractivity contribution in [3.05, 3.63) is 0 Å². The maximum atomic E-state index is 0. The fourth-order valence-corrected chi connectivity index (χ4v) is 0. The predicted molar refractivity (Wildman–Crippen MR) is 39.8 cm³/mol. The minimum absolute atomic E-state index is 0. The Labute approximate surface area is 86.9 Å². The Morgan fingerprint density at radius 2 is 0.500 bits per heavy atom. The zero-order chi connectivity index (χ0) is 0. The van der Waals surface area contributed by atoms with Crippen LogP contribution in [0.4, 0.5) is 0 Å². The van der Waals surface area contributed by atoms with Crippen molar-refractivity contribution < 1.29 is 0 Å². The first kappa shape index (κ1) is 28.5. The number of hydrogen-bond acceptors (Lipinski definition) is 0. The molecule has 0 radical (unpaired) electrons. The van der Waals surface area contributed by atoms with Gasteiger partial charge in [-0.3, -0.25) is 0 Å². The van der Waals surface area contributed by atoms with Gasteiger partial charge in [0, 0.05) is 0 Å². The average molecular weight is 395 g/mol. The Morgan fingerprint density at radius 3 is 0.500 bits per heavy atom. The van der Waals surface area contributed by atoms with E-state index in [1.807, 2.05) is 0 Å². The molecule has 0 rings (SSSR count). The fraction of sp³-hybridized carbons (Fsp3) is 0. The topological polar surface area (TPSA) is 0 Å². The molecule has 4 heteroatoms. The molecular formula is H12Ga2Sb2. The van der Waals surface area contributed by atoms with E-state index in [9.17, 15) is 0 Å². The van der Waals surface area contributed by atoms with Gasteiger partial charge in [-0.05, 0) is 0 Å². The SMILES string of the molecule is [Ga+3].[Ga+3].[SbH6-3].[SbH6-3]. The molecule has 0 atom stereocenters. The second-order valence-corrected chi connectivity index (χ2v) is 0. The second-order valence-electron chi connectivity index (χ2n) is 0. The van der Waals surface area contributed by atoms with E-state index in [-0.39, 0.29) is 88.4 Å². The molecule has 0 nitrogen and oxygen atoms in total. The molecule has 4 heavy (non-hydrogen) atoms. The molecule has 0 aromatic heterocycles. The molecule has 0 aliphatic heterocycles. The molecule has 28 valence electrons. The Hall–Kier alpha value is 2.91. The van der Waals surface area contributed by atoms with Gasteiger partial charge < -0.3 is 0 Å². The van der Waals surface area contributed by atoms with Crippen LogP contribution in [0.5, 0.6) is 0 Å². The molecule has 0 aliphatic rings. The molecule has 0 spiro atoms. The summed E-state index contributed by atoms with van der Waals surface area (Å²) < 4.78 is 0. The first-order chi connectivity index (χ1) is 0. The predicted octanol–water partition coefficient (Wildman–Crippen LogP) is -4.74. The Morgan fingerprint density at radius 1 is 0.500 bits per heavy atom. The quantitative estimate of drug-likeness (QED) is 0.362. The van der Waals surface area contributed by atoms with Crippen molar-refractivity contribution >= 4 is 88.4 Å². The van der Waals surface area contributed by atoms with Gasteiger partial charge in [-0.1, -0.05) is 0 Å². The van der Waals surface area contributed by atoms with Crippen LogP contribution in [0.25, 0.3) is 0 Å². The van der Waals surface area contributed by atoms with Crippen molar-refractivity contribution in [2.45, 2.75) is 0 Å². The summed E-state index contributed by atoms with van der Waals surface area (Å²) in [6.45, 7) is 0. The molecule has 0 fully saturated rings. The van der Waals surface area contributed by atoms with Crippen LogP contribution in [0.1, 0.15) is 0 Å².